The van der Waals surface area contributed by atoms with E-state index >= 15 is 0 Å². The first-order valence-electron chi connectivity index (χ1n) is 7.90. The Hall–Kier alpha value is -1.55. The van der Waals surface area contributed by atoms with E-state index in [9.17, 15) is 9.59 Å². The van der Waals surface area contributed by atoms with Gasteiger partial charge in [-0.3, -0.25) is 9.59 Å². The van der Waals surface area contributed by atoms with Crippen molar-refractivity contribution in [2.45, 2.75) is 51.5 Å². The molecule has 22 heavy (non-hydrogen) atoms. The highest BCUT2D eigenvalue weighted by Crippen LogP contribution is 2.25. The number of amides is 2. The maximum Gasteiger partial charge on any atom is 0.240 e. The van der Waals surface area contributed by atoms with Crippen LogP contribution >= 0.6 is 11.6 Å². The van der Waals surface area contributed by atoms with Crippen molar-refractivity contribution in [1.82, 2.24) is 5.32 Å². The van der Waals surface area contributed by atoms with E-state index in [4.69, 9.17) is 11.6 Å². The third-order valence-electron chi connectivity index (χ3n) is 4.05. The zero-order chi connectivity index (χ0) is 15.9. The summed E-state index contributed by atoms with van der Waals surface area (Å²) in [7, 11) is 0. The first kappa shape index (κ1) is 16.8. The van der Waals surface area contributed by atoms with Gasteiger partial charge in [0.2, 0.25) is 11.8 Å². The van der Waals surface area contributed by atoms with Gasteiger partial charge in [0.25, 0.3) is 0 Å². The average molecular weight is 323 g/mol. The van der Waals surface area contributed by atoms with Crippen molar-refractivity contribution in [1.29, 1.82) is 0 Å². The second-order valence-electron chi connectivity index (χ2n) is 5.81. The van der Waals surface area contributed by atoms with Gasteiger partial charge < -0.3 is 10.2 Å². The number of carbonyl (C=O) groups excluding carboxylic acids is 2. The summed E-state index contributed by atoms with van der Waals surface area (Å²) in [6.45, 7) is 1.46. The molecule has 0 radical (unpaired) electrons. The Morgan fingerprint density at radius 3 is 2.41 bits per heavy atom. The molecule has 1 fully saturated rings. The smallest absolute Gasteiger partial charge is 0.240 e. The molecule has 0 bridgehead atoms. The summed E-state index contributed by atoms with van der Waals surface area (Å²) in [5.74, 6) is -0.314. The van der Waals surface area contributed by atoms with E-state index in [0.29, 0.717) is 10.7 Å². The molecule has 2 amide bonds. The van der Waals surface area contributed by atoms with Crippen LogP contribution in [-0.4, -0.2) is 24.4 Å². The van der Waals surface area contributed by atoms with Crippen LogP contribution in [0.5, 0.6) is 0 Å². The average Bonchev–Trinajstić information content (AvgIpc) is 2.74. The van der Waals surface area contributed by atoms with Crippen molar-refractivity contribution < 1.29 is 9.59 Å². The monoisotopic (exact) mass is 322 g/mol. The maximum absolute atomic E-state index is 12.3. The highest BCUT2D eigenvalue weighted by molar-refractivity contribution is 6.33. The Morgan fingerprint density at radius 2 is 1.82 bits per heavy atom. The number of rotatable bonds is 4. The molecule has 0 atom stereocenters. The molecule has 4 nitrogen and oxygen atoms in total. The molecular formula is C17H23ClN2O2. The predicted octanol–water partition coefficient (Wildman–Crippen LogP) is 3.53. The molecule has 0 aromatic heterocycles. The van der Waals surface area contributed by atoms with Crippen molar-refractivity contribution in [2.75, 3.05) is 11.4 Å². The number of para-hydroxylation sites is 1. The number of hydrogen-bond donors (Lipinski definition) is 1. The van der Waals surface area contributed by atoms with Crippen LogP contribution in [0.2, 0.25) is 5.02 Å². The third-order valence-corrected chi connectivity index (χ3v) is 4.36. The number of benzene rings is 1. The number of hydrogen-bond acceptors (Lipinski definition) is 2. The van der Waals surface area contributed by atoms with E-state index in [1.807, 2.05) is 0 Å². The zero-order valence-corrected chi connectivity index (χ0v) is 13.7. The molecule has 0 saturated heterocycles. The quantitative estimate of drug-likeness (QED) is 0.862. The highest BCUT2D eigenvalue weighted by atomic mass is 35.5. The van der Waals surface area contributed by atoms with Crippen LogP contribution in [-0.2, 0) is 9.59 Å². The lowest BCUT2D eigenvalue weighted by Crippen LogP contribution is -2.43. The van der Waals surface area contributed by atoms with Gasteiger partial charge in [-0.15, -0.1) is 0 Å². The van der Waals surface area contributed by atoms with Crippen LogP contribution in [0.4, 0.5) is 5.69 Å². The number of carbonyl (C=O) groups is 2. The Balaban J connectivity index is 2.00. The maximum atomic E-state index is 12.3. The Morgan fingerprint density at radius 1 is 1.18 bits per heavy atom. The summed E-state index contributed by atoms with van der Waals surface area (Å²) in [5.41, 5.74) is 0.577. The first-order valence-corrected chi connectivity index (χ1v) is 8.27. The van der Waals surface area contributed by atoms with Crippen LogP contribution in [0.25, 0.3) is 0 Å². The standard InChI is InChI=1S/C17H23ClN2O2/c1-13(21)20(16-11-7-6-10-15(16)18)12-17(22)19-14-8-4-2-3-5-9-14/h6-7,10-11,14H,2-5,8-9,12H2,1H3,(H,19,22). The molecule has 1 N–H and O–H groups in total. The summed E-state index contributed by atoms with van der Waals surface area (Å²) in [6, 6.07) is 7.31. The van der Waals surface area contributed by atoms with Crippen LogP contribution in [0, 0.1) is 0 Å². The minimum atomic E-state index is -0.191. The largest absolute Gasteiger partial charge is 0.352 e. The molecule has 1 aromatic rings. The molecule has 0 spiro atoms. The number of halogens is 1. The second-order valence-corrected chi connectivity index (χ2v) is 6.22. The van der Waals surface area contributed by atoms with Gasteiger partial charge in [0.1, 0.15) is 6.54 Å². The van der Waals surface area contributed by atoms with Gasteiger partial charge in [0, 0.05) is 13.0 Å². The van der Waals surface area contributed by atoms with Gasteiger partial charge in [0.15, 0.2) is 0 Å². The molecule has 1 saturated carbocycles. The Labute approximate surface area is 136 Å². The summed E-state index contributed by atoms with van der Waals surface area (Å²) in [6.07, 6.45) is 6.85. The van der Waals surface area contributed by atoms with E-state index in [0.717, 1.165) is 25.7 Å². The molecule has 1 aliphatic rings. The lowest BCUT2D eigenvalue weighted by molar-refractivity contribution is -0.123. The number of nitrogens with zero attached hydrogens (tertiary/aromatic N) is 1. The number of anilines is 1. The van der Waals surface area contributed by atoms with Crippen molar-refractivity contribution in [3.8, 4) is 0 Å². The Kier molecular flexibility index (Phi) is 6.25. The van der Waals surface area contributed by atoms with Gasteiger partial charge in [-0.1, -0.05) is 49.4 Å². The SMILES string of the molecule is CC(=O)N(CC(=O)NC1CCCCCC1)c1ccccc1Cl. The molecule has 1 aromatic carbocycles. The minimum absolute atomic E-state index is 0.00949. The molecule has 120 valence electrons. The third kappa shape index (κ3) is 4.73. The van der Waals surface area contributed by atoms with E-state index in [1.165, 1.54) is 24.7 Å². The topological polar surface area (TPSA) is 49.4 Å². The van der Waals surface area contributed by atoms with E-state index < -0.39 is 0 Å². The van der Waals surface area contributed by atoms with Gasteiger partial charge in [-0.2, -0.15) is 0 Å². The zero-order valence-electron chi connectivity index (χ0n) is 13.0. The molecule has 5 heteroatoms. The van der Waals surface area contributed by atoms with E-state index in [2.05, 4.69) is 5.32 Å². The van der Waals surface area contributed by atoms with Crippen LogP contribution in [0.3, 0.4) is 0 Å². The summed E-state index contributed by atoms with van der Waals surface area (Å²) >= 11 is 6.13. The molecule has 0 heterocycles. The molecule has 0 aliphatic heterocycles. The van der Waals surface area contributed by atoms with Crippen molar-refractivity contribution in [2.24, 2.45) is 0 Å². The highest BCUT2D eigenvalue weighted by Gasteiger charge is 2.20. The predicted molar refractivity (Wildman–Crippen MR) is 89.1 cm³/mol. The molecule has 1 aliphatic carbocycles. The number of nitrogens with one attached hydrogen (secondary N) is 1. The van der Waals surface area contributed by atoms with Crippen molar-refractivity contribution >= 4 is 29.1 Å². The van der Waals surface area contributed by atoms with Crippen LogP contribution in [0.15, 0.2) is 24.3 Å². The van der Waals surface area contributed by atoms with Crippen molar-refractivity contribution in [3.05, 3.63) is 29.3 Å². The van der Waals surface area contributed by atoms with Gasteiger partial charge >= 0.3 is 0 Å². The van der Waals surface area contributed by atoms with Gasteiger partial charge in [-0.25, -0.2) is 0 Å². The fourth-order valence-corrected chi connectivity index (χ4v) is 3.12. The van der Waals surface area contributed by atoms with Gasteiger partial charge in [0.05, 0.1) is 10.7 Å². The van der Waals surface area contributed by atoms with Crippen molar-refractivity contribution in [3.63, 3.8) is 0 Å². The molecule has 2 rings (SSSR count). The van der Waals surface area contributed by atoms with E-state index in [-0.39, 0.29) is 24.4 Å². The second kappa shape index (κ2) is 8.18. The van der Waals surface area contributed by atoms with Crippen LogP contribution in [0.1, 0.15) is 45.4 Å². The lowest BCUT2D eigenvalue weighted by Gasteiger charge is -2.23. The minimum Gasteiger partial charge on any atom is -0.352 e. The summed E-state index contributed by atoms with van der Waals surface area (Å²) < 4.78 is 0. The normalized spacial score (nSPS) is 15.9. The molecule has 0 unspecified atom stereocenters. The van der Waals surface area contributed by atoms with Gasteiger partial charge in [-0.05, 0) is 25.0 Å². The Bertz CT molecular complexity index is 525. The fraction of sp³-hybridized carbons (Fsp3) is 0.529. The first-order chi connectivity index (χ1) is 10.6. The van der Waals surface area contributed by atoms with Crippen LogP contribution < -0.4 is 10.2 Å². The molecular weight excluding hydrogens is 300 g/mol. The lowest BCUT2D eigenvalue weighted by atomic mass is 10.1. The van der Waals surface area contributed by atoms with E-state index in [1.54, 1.807) is 24.3 Å². The fourth-order valence-electron chi connectivity index (χ4n) is 2.88. The summed E-state index contributed by atoms with van der Waals surface area (Å²) in [4.78, 5) is 25.6. The summed E-state index contributed by atoms with van der Waals surface area (Å²) in [5, 5.41) is 3.53.